The Morgan fingerprint density at radius 3 is 2.50 bits per heavy atom. The fourth-order valence-electron chi connectivity index (χ4n) is 4.17. The van der Waals surface area contributed by atoms with E-state index < -0.39 is 0 Å². The number of hydrogen-bond acceptors (Lipinski definition) is 3. The summed E-state index contributed by atoms with van der Waals surface area (Å²) in [4.78, 5) is 2.83. The minimum Gasteiger partial charge on any atom is -0.308 e. The molecule has 3 heteroatoms. The molecule has 2 aliphatic rings. The molecule has 0 bridgehead atoms. The van der Waals surface area contributed by atoms with Crippen molar-refractivity contribution in [3.05, 3.63) is 0 Å². The number of nitrogens with zero attached hydrogens (tertiary/aromatic N) is 1. The molecule has 0 aromatic carbocycles. The predicted octanol–water partition coefficient (Wildman–Crippen LogP) is 3.62. The van der Waals surface area contributed by atoms with Crippen LogP contribution in [0.1, 0.15) is 52.9 Å². The summed E-state index contributed by atoms with van der Waals surface area (Å²) in [6.07, 6.45) is 9.31. The van der Waals surface area contributed by atoms with Crippen LogP contribution in [-0.4, -0.2) is 48.1 Å². The van der Waals surface area contributed by atoms with Crippen LogP contribution in [-0.2, 0) is 0 Å². The summed E-state index contributed by atoms with van der Waals surface area (Å²) in [5, 5.41) is 3.95. The summed E-state index contributed by atoms with van der Waals surface area (Å²) >= 11 is 1.99. The molecule has 1 heterocycles. The van der Waals surface area contributed by atoms with E-state index in [9.17, 15) is 0 Å². The minimum absolute atomic E-state index is 0.447. The fourth-order valence-corrected chi connectivity index (χ4v) is 4.84. The number of thioether (sulfide) groups is 1. The number of nitrogens with one attached hydrogen (secondary N) is 1. The van der Waals surface area contributed by atoms with E-state index in [2.05, 4.69) is 37.2 Å². The highest BCUT2D eigenvalue weighted by Gasteiger charge is 2.40. The van der Waals surface area contributed by atoms with Crippen molar-refractivity contribution in [2.24, 2.45) is 11.8 Å². The van der Waals surface area contributed by atoms with Crippen LogP contribution in [0, 0.1) is 11.8 Å². The maximum atomic E-state index is 3.95. The molecule has 1 aliphatic carbocycles. The first kappa shape index (κ1) is 16.6. The quantitative estimate of drug-likeness (QED) is 0.834. The van der Waals surface area contributed by atoms with E-state index in [0.29, 0.717) is 5.54 Å². The molecule has 1 spiro atoms. The summed E-state index contributed by atoms with van der Waals surface area (Å²) in [6.45, 7) is 11.0. The Morgan fingerprint density at radius 2 is 1.90 bits per heavy atom. The Bertz CT molecular complexity index is 287. The smallest absolute Gasteiger partial charge is 0.0309 e. The number of piperazine rings is 1. The molecule has 0 radical (unpaired) electrons. The van der Waals surface area contributed by atoms with Crippen molar-refractivity contribution in [2.45, 2.75) is 64.5 Å². The van der Waals surface area contributed by atoms with Gasteiger partial charge in [-0.1, -0.05) is 40.0 Å². The third kappa shape index (κ3) is 4.14. The van der Waals surface area contributed by atoms with Crippen molar-refractivity contribution in [3.63, 3.8) is 0 Å². The molecule has 20 heavy (non-hydrogen) atoms. The molecule has 0 aromatic rings. The standard InChI is InChI=1S/C17H34N2S/c1-14(2)16-10-18-17(8-6-5-7-9-17)13-19(16)11-15(3)12-20-4/h14-16,18H,5-13H2,1-4H3. The third-order valence-corrected chi connectivity index (χ3v) is 6.14. The molecule has 2 rings (SSSR count). The number of hydrogen-bond donors (Lipinski definition) is 1. The molecule has 2 unspecified atom stereocenters. The zero-order valence-corrected chi connectivity index (χ0v) is 14.8. The normalized spacial score (nSPS) is 28.9. The summed E-state index contributed by atoms with van der Waals surface area (Å²) in [7, 11) is 0. The van der Waals surface area contributed by atoms with Gasteiger partial charge in [0.1, 0.15) is 0 Å². The molecule has 2 atom stereocenters. The highest BCUT2D eigenvalue weighted by Crippen LogP contribution is 2.33. The Hall–Kier alpha value is 0.270. The molecule has 0 amide bonds. The lowest BCUT2D eigenvalue weighted by molar-refractivity contribution is 0.0294. The highest BCUT2D eigenvalue weighted by atomic mass is 32.2. The van der Waals surface area contributed by atoms with Crippen molar-refractivity contribution < 1.29 is 0 Å². The van der Waals surface area contributed by atoms with Crippen LogP contribution in [0.15, 0.2) is 0 Å². The first-order chi connectivity index (χ1) is 9.56. The molecule has 2 nitrogen and oxygen atoms in total. The first-order valence-corrected chi connectivity index (χ1v) is 9.94. The maximum absolute atomic E-state index is 3.95. The van der Waals surface area contributed by atoms with Crippen LogP contribution >= 0.6 is 11.8 Å². The molecule has 118 valence electrons. The second kappa shape index (κ2) is 7.51. The molecular weight excluding hydrogens is 264 g/mol. The highest BCUT2D eigenvalue weighted by molar-refractivity contribution is 7.98. The molecule has 1 N–H and O–H groups in total. The molecule has 1 aliphatic heterocycles. The topological polar surface area (TPSA) is 15.3 Å². The molecule has 1 saturated heterocycles. The lowest BCUT2D eigenvalue weighted by atomic mass is 9.78. The first-order valence-electron chi connectivity index (χ1n) is 8.54. The average molecular weight is 299 g/mol. The summed E-state index contributed by atoms with van der Waals surface area (Å²) in [6, 6.07) is 0.729. The van der Waals surface area contributed by atoms with Gasteiger partial charge in [-0.3, -0.25) is 4.90 Å². The predicted molar refractivity (Wildman–Crippen MR) is 91.6 cm³/mol. The van der Waals surface area contributed by atoms with Crippen LogP contribution < -0.4 is 5.32 Å². The van der Waals surface area contributed by atoms with E-state index >= 15 is 0 Å². The van der Waals surface area contributed by atoms with Gasteiger partial charge in [-0.25, -0.2) is 0 Å². The molecule has 0 aromatic heterocycles. The SMILES string of the molecule is CSCC(C)CN1CC2(CCCCC2)NCC1C(C)C. The van der Waals surface area contributed by atoms with E-state index in [-0.39, 0.29) is 0 Å². The van der Waals surface area contributed by atoms with Gasteiger partial charge in [0, 0.05) is 31.2 Å². The Labute approximate surface area is 130 Å². The van der Waals surface area contributed by atoms with E-state index in [1.54, 1.807) is 0 Å². The zero-order valence-electron chi connectivity index (χ0n) is 14.0. The van der Waals surface area contributed by atoms with Crippen LogP contribution in [0.5, 0.6) is 0 Å². The van der Waals surface area contributed by atoms with Crippen molar-refractivity contribution in [1.29, 1.82) is 0 Å². The fraction of sp³-hybridized carbons (Fsp3) is 1.00. The van der Waals surface area contributed by atoms with E-state index in [0.717, 1.165) is 17.9 Å². The monoisotopic (exact) mass is 298 g/mol. The summed E-state index contributed by atoms with van der Waals surface area (Å²) in [5.41, 5.74) is 0.447. The van der Waals surface area contributed by atoms with E-state index in [1.165, 1.54) is 57.5 Å². The van der Waals surface area contributed by atoms with Crippen LogP contribution in [0.25, 0.3) is 0 Å². The van der Waals surface area contributed by atoms with E-state index in [1.807, 2.05) is 11.8 Å². The lowest BCUT2D eigenvalue weighted by Gasteiger charge is -2.51. The van der Waals surface area contributed by atoms with Crippen molar-refractivity contribution in [3.8, 4) is 0 Å². The van der Waals surface area contributed by atoms with Gasteiger partial charge in [0.25, 0.3) is 0 Å². The van der Waals surface area contributed by atoms with Gasteiger partial charge >= 0.3 is 0 Å². The maximum Gasteiger partial charge on any atom is 0.0309 e. The minimum atomic E-state index is 0.447. The number of rotatable bonds is 5. The zero-order chi connectivity index (χ0) is 14.6. The Balaban J connectivity index is 2.01. The second-order valence-corrected chi connectivity index (χ2v) is 8.43. The van der Waals surface area contributed by atoms with Gasteiger partial charge in [-0.15, -0.1) is 0 Å². The Morgan fingerprint density at radius 1 is 1.20 bits per heavy atom. The van der Waals surface area contributed by atoms with Crippen LogP contribution in [0.2, 0.25) is 0 Å². The average Bonchev–Trinajstić information content (AvgIpc) is 2.39. The second-order valence-electron chi connectivity index (χ2n) is 7.52. The van der Waals surface area contributed by atoms with E-state index in [4.69, 9.17) is 0 Å². The molecule has 2 fully saturated rings. The van der Waals surface area contributed by atoms with Crippen LogP contribution in [0.4, 0.5) is 0 Å². The molecule has 1 saturated carbocycles. The Kier molecular flexibility index (Phi) is 6.25. The van der Waals surface area contributed by atoms with Crippen molar-refractivity contribution in [2.75, 3.05) is 31.6 Å². The van der Waals surface area contributed by atoms with Gasteiger partial charge in [0.05, 0.1) is 0 Å². The van der Waals surface area contributed by atoms with Gasteiger partial charge in [-0.2, -0.15) is 11.8 Å². The van der Waals surface area contributed by atoms with Crippen LogP contribution in [0.3, 0.4) is 0 Å². The summed E-state index contributed by atoms with van der Waals surface area (Å²) < 4.78 is 0. The lowest BCUT2D eigenvalue weighted by Crippen LogP contribution is -2.66. The van der Waals surface area contributed by atoms with Crippen molar-refractivity contribution >= 4 is 11.8 Å². The largest absolute Gasteiger partial charge is 0.308 e. The van der Waals surface area contributed by atoms with Gasteiger partial charge in [0.15, 0.2) is 0 Å². The van der Waals surface area contributed by atoms with Gasteiger partial charge in [-0.05, 0) is 36.7 Å². The van der Waals surface area contributed by atoms with Gasteiger partial charge in [0.2, 0.25) is 0 Å². The van der Waals surface area contributed by atoms with Gasteiger partial charge < -0.3 is 5.32 Å². The summed E-state index contributed by atoms with van der Waals surface area (Å²) in [5.74, 6) is 2.86. The van der Waals surface area contributed by atoms with Crippen molar-refractivity contribution in [1.82, 2.24) is 10.2 Å². The molecular formula is C17H34N2S. The third-order valence-electron chi connectivity index (χ3n) is 5.24.